The Hall–Kier alpha value is -3.40. The summed E-state index contributed by atoms with van der Waals surface area (Å²) in [7, 11) is 0. The van der Waals surface area contributed by atoms with Gasteiger partial charge in [-0.05, 0) is 73.1 Å². The Morgan fingerprint density at radius 3 is 2.67 bits per heavy atom. The number of aliphatic imine (C=N–C) groups is 2. The average molecular weight is 407 g/mol. The fraction of sp³-hybridized carbons (Fsp3) is 0.348. The summed E-state index contributed by atoms with van der Waals surface area (Å²) >= 11 is 0. The molecule has 7 heteroatoms. The molecule has 4 N–H and O–H groups in total. The fourth-order valence-corrected chi connectivity index (χ4v) is 3.40. The minimum atomic E-state index is -0.291. The van der Waals surface area contributed by atoms with Crippen LogP contribution in [0.5, 0.6) is 0 Å². The first-order valence-corrected chi connectivity index (χ1v) is 10.1. The van der Waals surface area contributed by atoms with Gasteiger partial charge in [0.15, 0.2) is 5.96 Å². The molecule has 30 heavy (non-hydrogen) atoms. The van der Waals surface area contributed by atoms with Crippen molar-refractivity contribution in [1.29, 1.82) is 5.26 Å². The van der Waals surface area contributed by atoms with Gasteiger partial charge >= 0.3 is 0 Å². The van der Waals surface area contributed by atoms with Crippen LogP contribution in [-0.2, 0) is 6.42 Å². The molecular weight excluding hydrogens is 379 g/mol. The van der Waals surface area contributed by atoms with Crippen LogP contribution in [0.15, 0.2) is 58.5 Å². The Labute approximate surface area is 176 Å². The number of nitrogens with one attached hydrogen (secondary N) is 2. The van der Waals surface area contributed by atoms with Gasteiger partial charge < -0.3 is 11.1 Å². The quantitative estimate of drug-likeness (QED) is 0.647. The molecule has 0 fully saturated rings. The third-order valence-corrected chi connectivity index (χ3v) is 5.42. The zero-order valence-electron chi connectivity index (χ0n) is 17.3. The number of halogens is 1. The van der Waals surface area contributed by atoms with Crippen molar-refractivity contribution in [1.82, 2.24) is 5.32 Å². The number of guanidine groups is 2. The van der Waals surface area contributed by atoms with Gasteiger partial charge in [-0.15, -0.1) is 0 Å². The number of nitriles is 1. The number of nitrogens with zero attached hydrogens (tertiary/aromatic N) is 3. The minimum absolute atomic E-state index is 0.270. The maximum atomic E-state index is 13.1. The van der Waals surface area contributed by atoms with Crippen LogP contribution in [-0.4, -0.2) is 18.1 Å². The van der Waals surface area contributed by atoms with Gasteiger partial charge in [-0.2, -0.15) is 5.26 Å². The molecule has 0 spiro atoms. The molecule has 6 nitrogen and oxygen atoms in total. The maximum absolute atomic E-state index is 13.1. The molecule has 2 aromatic rings. The molecule has 0 radical (unpaired) electrons. The van der Waals surface area contributed by atoms with E-state index in [1.165, 1.54) is 17.7 Å². The lowest BCUT2D eigenvalue weighted by Gasteiger charge is -2.25. The number of aryl methyl sites for hydroxylation is 1. The highest BCUT2D eigenvalue weighted by Gasteiger charge is 2.21. The Balaban J connectivity index is 1.56. The van der Waals surface area contributed by atoms with Crippen LogP contribution in [0.4, 0.5) is 10.1 Å². The molecule has 3 rings (SSSR count). The molecular formula is C23H27FN6. The second-order valence-electron chi connectivity index (χ2n) is 7.77. The number of hydrogen-bond acceptors (Lipinski definition) is 6. The Morgan fingerprint density at radius 2 is 1.93 bits per heavy atom. The van der Waals surface area contributed by atoms with Crippen molar-refractivity contribution in [3.8, 4) is 6.07 Å². The van der Waals surface area contributed by atoms with Gasteiger partial charge in [-0.25, -0.2) is 14.4 Å². The van der Waals surface area contributed by atoms with Crippen LogP contribution in [0.2, 0.25) is 0 Å². The van der Waals surface area contributed by atoms with E-state index >= 15 is 0 Å². The van der Waals surface area contributed by atoms with Crippen molar-refractivity contribution in [3.63, 3.8) is 0 Å². The van der Waals surface area contributed by atoms with Crippen LogP contribution >= 0.6 is 0 Å². The van der Waals surface area contributed by atoms with E-state index in [0.29, 0.717) is 29.3 Å². The molecule has 156 valence electrons. The molecule has 1 aliphatic heterocycles. The van der Waals surface area contributed by atoms with Crippen LogP contribution in [0.1, 0.15) is 37.8 Å². The molecule has 0 bridgehead atoms. The van der Waals surface area contributed by atoms with E-state index in [-0.39, 0.29) is 12.0 Å². The van der Waals surface area contributed by atoms with Crippen LogP contribution in [0.3, 0.4) is 0 Å². The van der Waals surface area contributed by atoms with Gasteiger partial charge in [-0.3, -0.25) is 5.32 Å². The van der Waals surface area contributed by atoms with Crippen LogP contribution in [0.25, 0.3) is 0 Å². The highest BCUT2D eigenvalue weighted by molar-refractivity contribution is 6.05. The highest BCUT2D eigenvalue weighted by atomic mass is 19.1. The summed E-state index contributed by atoms with van der Waals surface area (Å²) in [4.78, 5) is 9.02. The molecule has 1 heterocycles. The van der Waals surface area contributed by atoms with Crippen molar-refractivity contribution in [3.05, 3.63) is 65.5 Å². The van der Waals surface area contributed by atoms with Gasteiger partial charge in [0.05, 0.1) is 11.6 Å². The van der Waals surface area contributed by atoms with Crippen LogP contribution < -0.4 is 16.4 Å². The SMILES string of the molecule is CC(CCc1cccc(C#N)c1)C(C)CC1N=C(N)NC(Nc2ccc(F)cc2)=N1. The lowest BCUT2D eigenvalue weighted by molar-refractivity contribution is 0.324. The maximum Gasteiger partial charge on any atom is 0.204 e. The normalized spacial score (nSPS) is 17.7. The molecule has 0 aromatic heterocycles. The average Bonchev–Trinajstić information content (AvgIpc) is 2.73. The second-order valence-corrected chi connectivity index (χ2v) is 7.77. The molecule has 0 saturated heterocycles. The standard InChI is InChI=1S/C23H27FN6/c1-15(6-7-17-4-3-5-18(13-17)14-25)16(2)12-21-28-22(26)30-23(29-21)27-20-10-8-19(24)9-11-20/h3-5,8-11,13,15-16,21H,6-7,12H2,1-2H3,(H4,26,27,28,29,30). The number of anilines is 1. The third-order valence-electron chi connectivity index (χ3n) is 5.42. The van der Waals surface area contributed by atoms with Crippen molar-refractivity contribution >= 4 is 17.6 Å². The molecule has 1 aliphatic rings. The Kier molecular flexibility index (Phi) is 7.02. The summed E-state index contributed by atoms with van der Waals surface area (Å²) in [6.07, 6.45) is 2.45. The summed E-state index contributed by atoms with van der Waals surface area (Å²) in [5.41, 5.74) is 8.54. The summed E-state index contributed by atoms with van der Waals surface area (Å²) in [5.74, 6) is 1.38. The van der Waals surface area contributed by atoms with E-state index in [0.717, 1.165) is 24.9 Å². The van der Waals surface area contributed by atoms with E-state index in [4.69, 9.17) is 11.0 Å². The number of benzene rings is 2. The van der Waals surface area contributed by atoms with Gasteiger partial charge in [0.2, 0.25) is 5.96 Å². The Bertz CT molecular complexity index is 960. The van der Waals surface area contributed by atoms with Crippen molar-refractivity contribution in [2.75, 3.05) is 5.32 Å². The first kappa shape index (κ1) is 21.3. The topological polar surface area (TPSA) is 98.6 Å². The largest absolute Gasteiger partial charge is 0.370 e. The second kappa shape index (κ2) is 9.88. The highest BCUT2D eigenvalue weighted by Crippen LogP contribution is 2.24. The number of rotatable bonds is 7. The van der Waals surface area contributed by atoms with Crippen LogP contribution in [0, 0.1) is 29.0 Å². The van der Waals surface area contributed by atoms with Gasteiger partial charge in [0.1, 0.15) is 12.0 Å². The van der Waals surface area contributed by atoms with Gasteiger partial charge in [-0.1, -0.05) is 26.0 Å². The minimum Gasteiger partial charge on any atom is -0.370 e. The van der Waals surface area contributed by atoms with E-state index in [9.17, 15) is 4.39 Å². The van der Waals surface area contributed by atoms with E-state index < -0.39 is 0 Å². The fourth-order valence-electron chi connectivity index (χ4n) is 3.40. The van der Waals surface area contributed by atoms with Crippen molar-refractivity contribution < 1.29 is 4.39 Å². The van der Waals surface area contributed by atoms with E-state index in [2.05, 4.69) is 46.6 Å². The van der Waals surface area contributed by atoms with E-state index in [1.807, 2.05) is 18.2 Å². The number of hydrogen-bond donors (Lipinski definition) is 3. The summed E-state index contributed by atoms with van der Waals surface area (Å²) in [5, 5.41) is 15.1. The summed E-state index contributed by atoms with van der Waals surface area (Å²) < 4.78 is 13.1. The third kappa shape index (κ3) is 6.05. The van der Waals surface area contributed by atoms with Gasteiger partial charge in [0.25, 0.3) is 0 Å². The number of nitrogens with two attached hydrogens (primary N) is 1. The first-order valence-electron chi connectivity index (χ1n) is 10.1. The predicted molar refractivity (Wildman–Crippen MR) is 118 cm³/mol. The monoisotopic (exact) mass is 406 g/mol. The van der Waals surface area contributed by atoms with E-state index in [1.54, 1.807) is 12.1 Å². The molecule has 3 unspecified atom stereocenters. The molecule has 0 saturated carbocycles. The molecule has 0 aliphatic carbocycles. The summed E-state index contributed by atoms with van der Waals surface area (Å²) in [6.45, 7) is 4.43. The molecule has 2 aromatic carbocycles. The lowest BCUT2D eigenvalue weighted by atomic mass is 9.87. The zero-order valence-corrected chi connectivity index (χ0v) is 17.3. The molecule has 3 atom stereocenters. The zero-order chi connectivity index (χ0) is 21.5. The Morgan fingerprint density at radius 1 is 1.17 bits per heavy atom. The van der Waals surface area contributed by atoms with Gasteiger partial charge in [0, 0.05) is 5.69 Å². The predicted octanol–water partition coefficient (Wildman–Crippen LogP) is 4.00. The van der Waals surface area contributed by atoms with Crippen molar-refractivity contribution in [2.24, 2.45) is 27.6 Å². The molecule has 0 amide bonds. The summed E-state index contributed by atoms with van der Waals surface area (Å²) in [6, 6.07) is 16.0. The first-order chi connectivity index (χ1) is 14.4. The smallest absolute Gasteiger partial charge is 0.204 e. The van der Waals surface area contributed by atoms with Crippen molar-refractivity contribution in [2.45, 2.75) is 39.3 Å². The lowest BCUT2D eigenvalue weighted by Crippen LogP contribution is -2.45.